The SMILES string of the molecule is COC(c1ccc(N(C)C)cc1)C(O)(c1ccccc1)c1ccccc1. The second-order valence-corrected chi connectivity index (χ2v) is 6.60. The minimum Gasteiger partial charge on any atom is -0.378 e. The van der Waals surface area contributed by atoms with Crippen molar-refractivity contribution in [2.24, 2.45) is 0 Å². The Morgan fingerprint density at radius 1 is 0.769 bits per heavy atom. The number of aliphatic hydroxyl groups is 1. The molecule has 3 heteroatoms. The summed E-state index contributed by atoms with van der Waals surface area (Å²) in [6.45, 7) is 0. The predicted molar refractivity (Wildman–Crippen MR) is 106 cm³/mol. The van der Waals surface area contributed by atoms with Crippen molar-refractivity contribution in [2.45, 2.75) is 11.7 Å². The van der Waals surface area contributed by atoms with Gasteiger partial charge in [0.05, 0.1) is 0 Å². The average Bonchev–Trinajstić information content (AvgIpc) is 2.70. The Labute approximate surface area is 155 Å². The van der Waals surface area contributed by atoms with E-state index in [0.29, 0.717) is 0 Å². The zero-order chi connectivity index (χ0) is 18.6. The lowest BCUT2D eigenvalue weighted by atomic mass is 9.79. The van der Waals surface area contributed by atoms with E-state index in [1.54, 1.807) is 7.11 Å². The maximum atomic E-state index is 11.9. The van der Waals surface area contributed by atoms with Crippen molar-refractivity contribution < 1.29 is 9.84 Å². The van der Waals surface area contributed by atoms with Crippen LogP contribution in [0.2, 0.25) is 0 Å². The lowest BCUT2D eigenvalue weighted by molar-refractivity contribution is -0.0743. The van der Waals surface area contributed by atoms with Gasteiger partial charge < -0.3 is 14.7 Å². The number of nitrogens with zero attached hydrogens (tertiary/aromatic N) is 1. The van der Waals surface area contributed by atoms with Crippen LogP contribution in [0.5, 0.6) is 0 Å². The summed E-state index contributed by atoms with van der Waals surface area (Å²) in [6, 6.07) is 27.5. The standard InChI is InChI=1S/C23H25NO2/c1-24(2)21-16-14-18(15-17-21)22(26-3)23(25,19-10-6-4-7-11-19)20-12-8-5-9-13-20/h4-17,22,25H,1-3H3. The molecule has 0 aliphatic carbocycles. The fraction of sp³-hybridized carbons (Fsp3) is 0.217. The van der Waals surface area contributed by atoms with E-state index in [1.807, 2.05) is 104 Å². The monoisotopic (exact) mass is 347 g/mol. The Balaban J connectivity index is 2.13. The lowest BCUT2D eigenvalue weighted by Crippen LogP contribution is -2.36. The molecule has 0 saturated carbocycles. The minimum absolute atomic E-state index is 0.538. The van der Waals surface area contributed by atoms with Gasteiger partial charge in [0.25, 0.3) is 0 Å². The summed E-state index contributed by atoms with van der Waals surface area (Å²) in [4.78, 5) is 2.05. The van der Waals surface area contributed by atoms with Crippen LogP contribution in [-0.2, 0) is 10.3 Å². The zero-order valence-electron chi connectivity index (χ0n) is 15.5. The van der Waals surface area contributed by atoms with E-state index >= 15 is 0 Å². The first-order valence-electron chi connectivity index (χ1n) is 8.71. The Hall–Kier alpha value is -2.62. The number of ether oxygens (including phenoxy) is 1. The van der Waals surface area contributed by atoms with Crippen LogP contribution in [0.1, 0.15) is 22.8 Å². The third kappa shape index (κ3) is 3.36. The third-order valence-corrected chi connectivity index (χ3v) is 4.76. The van der Waals surface area contributed by atoms with E-state index in [-0.39, 0.29) is 0 Å². The number of methoxy groups -OCH3 is 1. The molecule has 3 aromatic carbocycles. The van der Waals surface area contributed by atoms with Gasteiger partial charge in [-0.3, -0.25) is 0 Å². The molecule has 1 atom stereocenters. The van der Waals surface area contributed by atoms with Crippen LogP contribution in [0.25, 0.3) is 0 Å². The highest BCUT2D eigenvalue weighted by atomic mass is 16.5. The van der Waals surface area contributed by atoms with Gasteiger partial charge in [-0.25, -0.2) is 0 Å². The Morgan fingerprint density at radius 3 is 1.62 bits per heavy atom. The highest BCUT2D eigenvalue weighted by Crippen LogP contribution is 2.43. The van der Waals surface area contributed by atoms with Crippen LogP contribution < -0.4 is 4.90 Å². The summed E-state index contributed by atoms with van der Waals surface area (Å²) in [5.74, 6) is 0. The van der Waals surface area contributed by atoms with Crippen molar-refractivity contribution in [3.05, 3.63) is 102 Å². The van der Waals surface area contributed by atoms with Crippen LogP contribution >= 0.6 is 0 Å². The topological polar surface area (TPSA) is 32.7 Å². The minimum atomic E-state index is -1.29. The van der Waals surface area contributed by atoms with E-state index < -0.39 is 11.7 Å². The average molecular weight is 347 g/mol. The van der Waals surface area contributed by atoms with Gasteiger partial charge in [-0.05, 0) is 28.8 Å². The number of anilines is 1. The molecule has 0 saturated heterocycles. The first kappa shape index (κ1) is 18.2. The molecular formula is C23H25NO2. The number of benzene rings is 3. The molecule has 26 heavy (non-hydrogen) atoms. The van der Waals surface area contributed by atoms with Crippen LogP contribution in [0, 0.1) is 0 Å². The zero-order valence-corrected chi connectivity index (χ0v) is 15.5. The molecule has 0 amide bonds. The molecular weight excluding hydrogens is 322 g/mol. The van der Waals surface area contributed by atoms with E-state index in [9.17, 15) is 5.11 Å². The Kier molecular flexibility index (Phi) is 5.40. The van der Waals surface area contributed by atoms with Crippen molar-refractivity contribution in [2.75, 3.05) is 26.1 Å². The maximum absolute atomic E-state index is 11.9. The number of hydrogen-bond donors (Lipinski definition) is 1. The molecule has 1 N–H and O–H groups in total. The van der Waals surface area contributed by atoms with Crippen LogP contribution in [0.4, 0.5) is 5.69 Å². The summed E-state index contributed by atoms with van der Waals surface area (Å²) in [5.41, 5.74) is 2.33. The summed E-state index contributed by atoms with van der Waals surface area (Å²) in [6.07, 6.45) is -0.538. The smallest absolute Gasteiger partial charge is 0.145 e. The molecule has 0 aliphatic heterocycles. The fourth-order valence-corrected chi connectivity index (χ4v) is 3.35. The van der Waals surface area contributed by atoms with Crippen LogP contribution in [0.15, 0.2) is 84.9 Å². The first-order valence-corrected chi connectivity index (χ1v) is 8.71. The van der Waals surface area contributed by atoms with Crippen molar-refractivity contribution >= 4 is 5.69 Å². The van der Waals surface area contributed by atoms with Gasteiger partial charge in [0.2, 0.25) is 0 Å². The second-order valence-electron chi connectivity index (χ2n) is 6.60. The summed E-state index contributed by atoms with van der Waals surface area (Å²) < 4.78 is 5.85. The Bertz CT molecular complexity index is 774. The van der Waals surface area contributed by atoms with Crippen LogP contribution in [-0.4, -0.2) is 26.3 Å². The van der Waals surface area contributed by atoms with E-state index in [0.717, 1.165) is 22.4 Å². The van der Waals surface area contributed by atoms with Gasteiger partial charge >= 0.3 is 0 Å². The first-order chi connectivity index (χ1) is 12.6. The molecule has 3 nitrogen and oxygen atoms in total. The number of hydrogen-bond acceptors (Lipinski definition) is 3. The molecule has 0 fully saturated rings. The molecule has 3 rings (SSSR count). The van der Waals surface area contributed by atoms with E-state index in [4.69, 9.17) is 4.74 Å². The molecule has 0 spiro atoms. The van der Waals surface area contributed by atoms with Crippen molar-refractivity contribution in [1.29, 1.82) is 0 Å². The molecule has 0 radical (unpaired) electrons. The summed E-state index contributed by atoms with van der Waals surface area (Å²) in [7, 11) is 5.65. The predicted octanol–water partition coefficient (Wildman–Crippen LogP) is 4.38. The highest BCUT2D eigenvalue weighted by molar-refractivity contribution is 5.48. The van der Waals surface area contributed by atoms with E-state index in [2.05, 4.69) is 0 Å². The molecule has 0 aromatic heterocycles. The normalized spacial score (nSPS) is 12.6. The molecule has 0 aliphatic rings. The highest BCUT2D eigenvalue weighted by Gasteiger charge is 2.41. The van der Waals surface area contributed by atoms with Gasteiger partial charge in [-0.15, -0.1) is 0 Å². The van der Waals surface area contributed by atoms with Gasteiger partial charge in [0, 0.05) is 26.9 Å². The number of rotatable bonds is 6. The quantitative estimate of drug-likeness (QED) is 0.718. The maximum Gasteiger partial charge on any atom is 0.145 e. The second kappa shape index (κ2) is 7.73. The molecule has 3 aromatic rings. The van der Waals surface area contributed by atoms with Crippen molar-refractivity contribution in [3.63, 3.8) is 0 Å². The summed E-state index contributed by atoms with van der Waals surface area (Å²) >= 11 is 0. The molecule has 134 valence electrons. The molecule has 1 unspecified atom stereocenters. The van der Waals surface area contributed by atoms with E-state index in [1.165, 1.54) is 0 Å². The summed E-state index contributed by atoms with van der Waals surface area (Å²) in [5, 5.41) is 11.9. The van der Waals surface area contributed by atoms with Gasteiger partial charge in [-0.1, -0.05) is 72.8 Å². The third-order valence-electron chi connectivity index (χ3n) is 4.76. The van der Waals surface area contributed by atoms with Crippen molar-refractivity contribution in [3.8, 4) is 0 Å². The Morgan fingerprint density at radius 2 is 1.23 bits per heavy atom. The lowest BCUT2D eigenvalue weighted by Gasteiger charge is -2.36. The molecule has 0 bridgehead atoms. The van der Waals surface area contributed by atoms with Gasteiger partial charge in [0.15, 0.2) is 0 Å². The van der Waals surface area contributed by atoms with Crippen LogP contribution in [0.3, 0.4) is 0 Å². The fourth-order valence-electron chi connectivity index (χ4n) is 3.35. The largest absolute Gasteiger partial charge is 0.378 e. The van der Waals surface area contributed by atoms with Crippen molar-refractivity contribution in [1.82, 2.24) is 0 Å². The molecule has 0 heterocycles. The van der Waals surface area contributed by atoms with Gasteiger partial charge in [-0.2, -0.15) is 0 Å². The van der Waals surface area contributed by atoms with Gasteiger partial charge in [0.1, 0.15) is 11.7 Å².